The van der Waals surface area contributed by atoms with E-state index < -0.39 is 0 Å². The van der Waals surface area contributed by atoms with Crippen LogP contribution >= 0.6 is 11.3 Å². The van der Waals surface area contributed by atoms with Gasteiger partial charge >= 0.3 is 0 Å². The first kappa shape index (κ1) is 9.93. The molecule has 1 atom stereocenters. The predicted molar refractivity (Wildman–Crippen MR) is 63.2 cm³/mol. The van der Waals surface area contributed by atoms with Crippen molar-refractivity contribution in [2.45, 2.75) is 25.4 Å². The fourth-order valence-corrected chi connectivity index (χ4v) is 3.15. The van der Waals surface area contributed by atoms with E-state index in [9.17, 15) is 5.11 Å². The minimum atomic E-state index is -0.308. The summed E-state index contributed by atoms with van der Waals surface area (Å²) in [7, 11) is 0. The Balaban J connectivity index is 2.05. The number of aromatic nitrogens is 2. The van der Waals surface area contributed by atoms with Gasteiger partial charge in [0.1, 0.15) is 5.01 Å². The molecule has 4 heteroatoms. The van der Waals surface area contributed by atoms with Gasteiger partial charge in [-0.25, -0.2) is 4.98 Å². The molecule has 3 nitrogen and oxygen atoms in total. The molecule has 2 aromatic heterocycles. The van der Waals surface area contributed by atoms with Gasteiger partial charge in [-0.3, -0.25) is 4.98 Å². The van der Waals surface area contributed by atoms with Crippen molar-refractivity contribution in [2.24, 2.45) is 0 Å². The van der Waals surface area contributed by atoms with Crippen molar-refractivity contribution >= 4 is 11.3 Å². The van der Waals surface area contributed by atoms with Crippen molar-refractivity contribution in [3.05, 3.63) is 35.1 Å². The van der Waals surface area contributed by atoms with Gasteiger partial charge in [-0.1, -0.05) is 0 Å². The highest BCUT2D eigenvalue weighted by Gasteiger charge is 2.22. The van der Waals surface area contributed by atoms with Gasteiger partial charge in [0.25, 0.3) is 0 Å². The first-order chi connectivity index (χ1) is 7.84. The van der Waals surface area contributed by atoms with E-state index in [1.165, 1.54) is 0 Å². The van der Waals surface area contributed by atoms with Crippen LogP contribution in [0.2, 0.25) is 0 Å². The van der Waals surface area contributed by atoms with Crippen LogP contribution in [-0.2, 0) is 6.42 Å². The highest BCUT2D eigenvalue weighted by molar-refractivity contribution is 7.15. The summed E-state index contributed by atoms with van der Waals surface area (Å²) in [4.78, 5) is 9.65. The fourth-order valence-electron chi connectivity index (χ4n) is 2.01. The molecule has 0 saturated heterocycles. The zero-order chi connectivity index (χ0) is 11.0. The van der Waals surface area contributed by atoms with Crippen molar-refractivity contribution < 1.29 is 5.11 Å². The molecule has 1 N–H and O–H groups in total. The van der Waals surface area contributed by atoms with E-state index in [2.05, 4.69) is 9.97 Å². The Bertz CT molecular complexity index is 495. The lowest BCUT2D eigenvalue weighted by molar-refractivity contribution is 0.160. The molecule has 2 heterocycles. The number of aliphatic hydroxyl groups excluding tert-OH is 1. The smallest absolute Gasteiger partial charge is 0.124 e. The number of aryl methyl sites for hydroxylation is 1. The van der Waals surface area contributed by atoms with Gasteiger partial charge in [0, 0.05) is 18.0 Å². The molecule has 0 spiro atoms. The third kappa shape index (κ3) is 1.64. The normalized spacial score (nSPS) is 19.4. The van der Waals surface area contributed by atoms with Gasteiger partial charge in [-0.05, 0) is 31.4 Å². The molecule has 0 aromatic carbocycles. The van der Waals surface area contributed by atoms with Gasteiger partial charge < -0.3 is 5.11 Å². The fraction of sp³-hybridized carbons (Fsp3) is 0.333. The molecule has 0 aliphatic heterocycles. The van der Waals surface area contributed by atoms with Crippen LogP contribution in [0.5, 0.6) is 0 Å². The van der Waals surface area contributed by atoms with E-state index in [1.807, 2.05) is 12.1 Å². The number of rotatable bonds is 1. The zero-order valence-corrected chi connectivity index (χ0v) is 9.57. The Hall–Kier alpha value is -1.26. The molecule has 1 aliphatic rings. The molecular weight excluding hydrogens is 220 g/mol. The third-order valence-corrected chi connectivity index (χ3v) is 4.10. The summed E-state index contributed by atoms with van der Waals surface area (Å²) >= 11 is 1.61. The minimum absolute atomic E-state index is 0.308. The zero-order valence-electron chi connectivity index (χ0n) is 8.76. The Morgan fingerprint density at radius 1 is 1.31 bits per heavy atom. The number of pyridine rings is 1. The molecular formula is C12H12N2OS. The topological polar surface area (TPSA) is 46.0 Å². The molecule has 2 aromatic rings. The first-order valence-electron chi connectivity index (χ1n) is 5.42. The van der Waals surface area contributed by atoms with Crippen LogP contribution in [0.3, 0.4) is 0 Å². The summed E-state index contributed by atoms with van der Waals surface area (Å²) in [6.07, 6.45) is 6.13. The van der Waals surface area contributed by atoms with Gasteiger partial charge in [0.2, 0.25) is 0 Å². The number of thiazole rings is 1. The van der Waals surface area contributed by atoms with Crippen molar-refractivity contribution in [3.63, 3.8) is 0 Å². The number of hydrogen-bond donors (Lipinski definition) is 1. The monoisotopic (exact) mass is 232 g/mol. The van der Waals surface area contributed by atoms with E-state index in [-0.39, 0.29) is 6.10 Å². The molecule has 1 unspecified atom stereocenters. The molecule has 1 aliphatic carbocycles. The molecule has 3 rings (SSSR count). The van der Waals surface area contributed by atoms with Crippen LogP contribution < -0.4 is 0 Å². The van der Waals surface area contributed by atoms with Crippen molar-refractivity contribution in [3.8, 4) is 10.6 Å². The van der Waals surface area contributed by atoms with Crippen LogP contribution in [-0.4, -0.2) is 15.1 Å². The second kappa shape index (κ2) is 3.96. The van der Waals surface area contributed by atoms with Crippen molar-refractivity contribution in [1.82, 2.24) is 9.97 Å². The average Bonchev–Trinajstić information content (AvgIpc) is 2.76. The summed E-state index contributed by atoms with van der Waals surface area (Å²) in [5.74, 6) is 0. The lowest BCUT2D eigenvalue weighted by Crippen LogP contribution is -2.06. The SMILES string of the molecule is OC1CCCc2nc(-c3ccncc3)sc21. The van der Waals surface area contributed by atoms with Gasteiger partial charge in [-0.2, -0.15) is 0 Å². The molecule has 0 saturated carbocycles. The second-order valence-electron chi connectivity index (χ2n) is 3.97. The molecule has 0 bridgehead atoms. The Morgan fingerprint density at radius 2 is 2.12 bits per heavy atom. The molecule has 0 amide bonds. The number of aliphatic hydroxyl groups is 1. The van der Waals surface area contributed by atoms with E-state index in [4.69, 9.17) is 0 Å². The van der Waals surface area contributed by atoms with Crippen LogP contribution in [0.25, 0.3) is 10.6 Å². The van der Waals surface area contributed by atoms with Gasteiger partial charge in [0.05, 0.1) is 16.7 Å². The lowest BCUT2D eigenvalue weighted by Gasteiger charge is -2.14. The molecule has 0 fully saturated rings. The van der Waals surface area contributed by atoms with Crippen LogP contribution in [0, 0.1) is 0 Å². The first-order valence-corrected chi connectivity index (χ1v) is 6.24. The Labute approximate surface area is 97.8 Å². The second-order valence-corrected chi connectivity index (χ2v) is 5.00. The minimum Gasteiger partial charge on any atom is -0.388 e. The quantitative estimate of drug-likeness (QED) is 0.822. The van der Waals surface area contributed by atoms with Crippen LogP contribution in [0.15, 0.2) is 24.5 Å². The Morgan fingerprint density at radius 3 is 2.88 bits per heavy atom. The predicted octanol–water partition coefficient (Wildman–Crippen LogP) is 2.57. The summed E-state index contributed by atoms with van der Waals surface area (Å²) in [6.45, 7) is 0. The maximum absolute atomic E-state index is 9.88. The third-order valence-electron chi connectivity index (χ3n) is 2.85. The molecule has 16 heavy (non-hydrogen) atoms. The average molecular weight is 232 g/mol. The maximum atomic E-state index is 9.88. The van der Waals surface area contributed by atoms with E-state index in [1.54, 1.807) is 23.7 Å². The van der Waals surface area contributed by atoms with E-state index in [0.717, 1.165) is 40.4 Å². The summed E-state index contributed by atoms with van der Waals surface area (Å²) in [6, 6.07) is 3.91. The van der Waals surface area contributed by atoms with Crippen LogP contribution in [0.1, 0.15) is 29.5 Å². The summed E-state index contributed by atoms with van der Waals surface area (Å²) < 4.78 is 0. The molecule has 82 valence electrons. The van der Waals surface area contributed by atoms with Crippen LogP contribution in [0.4, 0.5) is 0 Å². The summed E-state index contributed by atoms with van der Waals surface area (Å²) in [5, 5.41) is 10.9. The number of nitrogens with zero attached hydrogens (tertiary/aromatic N) is 2. The Kier molecular flexibility index (Phi) is 2.46. The lowest BCUT2D eigenvalue weighted by atomic mass is 10.0. The largest absolute Gasteiger partial charge is 0.388 e. The van der Waals surface area contributed by atoms with E-state index in [0.29, 0.717) is 0 Å². The number of fused-ring (bicyclic) bond motifs is 1. The number of hydrogen-bond acceptors (Lipinski definition) is 4. The van der Waals surface area contributed by atoms with Gasteiger partial charge in [-0.15, -0.1) is 11.3 Å². The highest BCUT2D eigenvalue weighted by atomic mass is 32.1. The van der Waals surface area contributed by atoms with Crippen molar-refractivity contribution in [2.75, 3.05) is 0 Å². The molecule has 0 radical (unpaired) electrons. The summed E-state index contributed by atoms with van der Waals surface area (Å²) in [5.41, 5.74) is 2.16. The highest BCUT2D eigenvalue weighted by Crippen LogP contribution is 2.37. The maximum Gasteiger partial charge on any atom is 0.124 e. The van der Waals surface area contributed by atoms with Crippen molar-refractivity contribution in [1.29, 1.82) is 0 Å². The van der Waals surface area contributed by atoms with E-state index >= 15 is 0 Å². The standard InChI is InChI=1S/C12H12N2OS/c15-10-3-1-2-9-11(10)16-12(14-9)8-4-6-13-7-5-8/h4-7,10,15H,1-3H2. The van der Waals surface area contributed by atoms with Gasteiger partial charge in [0.15, 0.2) is 0 Å².